The van der Waals surface area contributed by atoms with Crippen molar-refractivity contribution in [3.05, 3.63) is 140 Å². The first-order valence-electron chi connectivity index (χ1n) is 14.4. The number of rotatable bonds is 9. The molecule has 0 aliphatic carbocycles. The minimum atomic E-state index is -1.23. The fourth-order valence-electron chi connectivity index (χ4n) is 5.06. The van der Waals surface area contributed by atoms with E-state index in [0.29, 0.717) is 28.8 Å². The Bertz CT molecular complexity index is 1920. The van der Waals surface area contributed by atoms with Crippen LogP contribution in [0.1, 0.15) is 38.7 Å². The van der Waals surface area contributed by atoms with Crippen LogP contribution in [-0.4, -0.2) is 21.7 Å². The highest BCUT2D eigenvalue weighted by Crippen LogP contribution is 2.32. The van der Waals surface area contributed by atoms with E-state index in [1.54, 1.807) is 18.2 Å². The number of anilines is 1. The van der Waals surface area contributed by atoms with Crippen LogP contribution in [0.5, 0.6) is 11.5 Å². The highest BCUT2D eigenvalue weighted by molar-refractivity contribution is 6.35. The van der Waals surface area contributed by atoms with E-state index in [9.17, 15) is 9.90 Å². The molecule has 3 N–H and O–H groups in total. The highest BCUT2D eigenvalue weighted by atomic mass is 35.5. The number of carboxylic acids is 1. The lowest BCUT2D eigenvalue weighted by Gasteiger charge is -2.18. The maximum Gasteiger partial charge on any atom is 0.335 e. The molecule has 0 saturated carbocycles. The van der Waals surface area contributed by atoms with Crippen LogP contribution >= 0.6 is 34.8 Å². The number of fused-ring (bicyclic) bond motifs is 1. The van der Waals surface area contributed by atoms with Crippen molar-refractivity contribution in [2.45, 2.75) is 38.3 Å². The molecule has 0 bridgehead atoms. The van der Waals surface area contributed by atoms with Crippen molar-refractivity contribution in [2.75, 3.05) is 5.73 Å². The molecule has 0 fully saturated rings. The van der Waals surface area contributed by atoms with Gasteiger partial charge in [-0.3, -0.25) is 0 Å². The van der Waals surface area contributed by atoms with E-state index in [1.165, 1.54) is 12.1 Å². The first-order valence-corrected chi connectivity index (χ1v) is 15.6. The van der Waals surface area contributed by atoms with E-state index in [2.05, 4.69) is 15.2 Å². The van der Waals surface area contributed by atoms with Crippen LogP contribution in [0.25, 0.3) is 0 Å². The number of hydrogen-bond acceptors (Lipinski definition) is 6. The summed E-state index contributed by atoms with van der Waals surface area (Å²) in [6.45, 7) is 1.66. The Hall–Kier alpha value is -4.72. The maximum absolute atomic E-state index is 10.8. The molecule has 47 heavy (non-hydrogen) atoms. The number of ether oxygens (including phenoxy) is 2. The Labute approximate surface area is 286 Å². The zero-order valence-electron chi connectivity index (χ0n) is 24.9. The normalized spacial score (nSPS) is 13.9. The maximum atomic E-state index is 10.8. The predicted molar refractivity (Wildman–Crippen MR) is 177 cm³/mol. The van der Waals surface area contributed by atoms with Gasteiger partial charge in [0.05, 0.1) is 23.8 Å². The zero-order valence-corrected chi connectivity index (χ0v) is 27.1. The minimum Gasteiger partial charge on any atom is -0.872 e. The molecule has 0 amide bonds. The first-order chi connectivity index (χ1) is 22.6. The van der Waals surface area contributed by atoms with Gasteiger partial charge in [-0.15, -0.1) is 0 Å². The van der Waals surface area contributed by atoms with E-state index in [1.807, 2.05) is 61.2 Å². The summed E-state index contributed by atoms with van der Waals surface area (Å²) < 4.78 is 16.6. The molecule has 12 heteroatoms. The number of halogens is 3. The molecule has 1 aromatic heterocycles. The number of aromatic carboxylic acids is 1. The predicted octanol–water partition coefficient (Wildman–Crippen LogP) is 6.61. The summed E-state index contributed by atoms with van der Waals surface area (Å²) in [5.41, 5.74) is 8.86. The molecule has 2 atom stereocenters. The smallest absolute Gasteiger partial charge is 0.335 e. The molecule has 240 valence electrons. The van der Waals surface area contributed by atoms with Gasteiger partial charge >= 0.3 is 5.97 Å². The Morgan fingerprint density at radius 3 is 2.53 bits per heavy atom. The second-order valence-electron chi connectivity index (χ2n) is 10.8. The third kappa shape index (κ3) is 8.97. The van der Waals surface area contributed by atoms with Crippen LogP contribution in [0.15, 0.2) is 97.6 Å². The summed E-state index contributed by atoms with van der Waals surface area (Å²) in [5.74, 6) is -0.884. The van der Waals surface area contributed by atoms with Gasteiger partial charge in [0.1, 0.15) is 43.4 Å². The van der Waals surface area contributed by atoms with Gasteiger partial charge in [-0.2, -0.15) is 5.26 Å². The van der Waals surface area contributed by atoms with E-state index >= 15 is 0 Å². The number of nitrogens with zero attached hydrogens (tertiary/aromatic N) is 3. The van der Waals surface area contributed by atoms with Gasteiger partial charge in [-0.1, -0.05) is 58.8 Å². The van der Waals surface area contributed by atoms with Crippen LogP contribution in [0.3, 0.4) is 0 Å². The second-order valence-corrected chi connectivity index (χ2v) is 12.1. The van der Waals surface area contributed by atoms with Gasteiger partial charge in [0, 0.05) is 32.7 Å². The molecule has 1 aliphatic heterocycles. The third-order valence-corrected chi connectivity index (χ3v) is 8.18. The summed E-state index contributed by atoms with van der Waals surface area (Å²) in [6.07, 6.45) is 6.65. The van der Waals surface area contributed by atoms with Crippen molar-refractivity contribution in [2.24, 2.45) is 0 Å². The van der Waals surface area contributed by atoms with Gasteiger partial charge in [0.2, 0.25) is 6.33 Å². The Balaban J connectivity index is 0.000000335. The Morgan fingerprint density at radius 1 is 1.09 bits per heavy atom. The quantitative estimate of drug-likeness (QED) is 0.131. The van der Waals surface area contributed by atoms with Crippen molar-refractivity contribution in [3.63, 3.8) is 0 Å². The lowest BCUT2D eigenvalue weighted by Crippen LogP contribution is -2.36. The highest BCUT2D eigenvalue weighted by Gasteiger charge is 2.26. The van der Waals surface area contributed by atoms with Gasteiger partial charge in [0.15, 0.2) is 0 Å². The molecule has 2 heterocycles. The average Bonchev–Trinajstić information content (AvgIpc) is 3.65. The summed E-state index contributed by atoms with van der Waals surface area (Å²) in [7, 11) is 0. The fraction of sp³-hybridized carbons (Fsp3) is 0.171. The van der Waals surface area contributed by atoms with Crippen LogP contribution < -0.4 is 20.1 Å². The molecular weight excluding hydrogens is 663 g/mol. The van der Waals surface area contributed by atoms with Crippen molar-refractivity contribution in [1.29, 1.82) is 5.26 Å². The van der Waals surface area contributed by atoms with E-state index < -0.39 is 11.7 Å². The van der Waals surface area contributed by atoms with Gasteiger partial charge < -0.3 is 25.4 Å². The minimum absolute atomic E-state index is 0.0495. The number of benzene rings is 4. The lowest BCUT2D eigenvalue weighted by atomic mass is 10.1. The van der Waals surface area contributed by atoms with Crippen LogP contribution in [0, 0.1) is 11.3 Å². The number of hydrogen-bond donors (Lipinski definition) is 2. The Morgan fingerprint density at radius 2 is 1.83 bits per heavy atom. The van der Waals surface area contributed by atoms with Crippen molar-refractivity contribution >= 4 is 46.5 Å². The van der Waals surface area contributed by atoms with Crippen molar-refractivity contribution in [3.8, 4) is 17.6 Å². The second kappa shape index (κ2) is 15.2. The molecule has 4 aromatic carbocycles. The summed E-state index contributed by atoms with van der Waals surface area (Å²) in [6, 6.07) is 24.4. The van der Waals surface area contributed by atoms with Crippen LogP contribution in [-0.2, 0) is 30.9 Å². The number of nitrogen functional groups attached to an aromatic ring is 1. The number of imidazole rings is 1. The van der Waals surface area contributed by atoms with Gasteiger partial charge in [0.25, 0.3) is 0 Å². The van der Waals surface area contributed by atoms with Crippen LogP contribution in [0.4, 0.5) is 5.69 Å². The third-order valence-electron chi connectivity index (χ3n) is 7.38. The average molecular weight is 692 g/mol. The molecule has 0 radical (unpaired) electrons. The lowest BCUT2D eigenvalue weighted by molar-refractivity contribution is -0.705. The fourth-order valence-corrected chi connectivity index (χ4v) is 5.79. The van der Waals surface area contributed by atoms with Gasteiger partial charge in [-0.05, 0) is 71.8 Å². The largest absolute Gasteiger partial charge is 0.872 e. The van der Waals surface area contributed by atoms with Crippen molar-refractivity contribution in [1.82, 2.24) is 4.57 Å². The molecule has 2 unspecified atom stereocenters. The monoisotopic (exact) mass is 690 g/mol. The molecule has 5 aromatic rings. The first kappa shape index (κ1) is 33.6. The number of carboxylic acid groups (broad SMARTS) is 1. The molecule has 0 spiro atoms. The molecular formula is C35H29Cl3N4O5. The number of nitrogens with two attached hydrogens (primary N) is 1. The molecule has 1 aliphatic rings. The molecule has 9 nitrogen and oxygen atoms in total. The summed E-state index contributed by atoms with van der Waals surface area (Å²) >= 11 is 18.8. The number of carbonyl (C=O) groups is 1. The zero-order chi connectivity index (χ0) is 33.5. The SMILES string of the molecule is N#Cc1ccc(COC(C[n+]2ccn(CC3Cc4cc(Cl)ccc4O3)c2)c2ccc(Cl)cc2Cl)cc1.Nc1ccc(C(=O)O)c([O-])c1. The topological polar surface area (TPSA) is 137 Å². The number of nitriles is 1. The van der Waals surface area contributed by atoms with E-state index in [-0.39, 0.29) is 23.5 Å². The molecule has 0 saturated heterocycles. The summed E-state index contributed by atoms with van der Waals surface area (Å²) in [4.78, 5) is 10.3. The van der Waals surface area contributed by atoms with Gasteiger partial charge in [-0.25, -0.2) is 13.9 Å². The van der Waals surface area contributed by atoms with E-state index in [4.69, 9.17) is 60.4 Å². The standard InChI is InChI=1S/C28H23Cl3N3O2.C7H7NO3/c29-22-6-8-27-21(11-22)12-24(36-27)15-33-9-10-34(18-33)16-28(25-7-5-23(30)13-26(25)31)35-17-20-3-1-19(14-32)2-4-20;8-4-1-2-5(7(10)11)6(9)3-4/h1-11,13,18,24,28H,12,15-17H2;1-3,9H,8H2,(H,10,11)/q+1;/p-1. The molecule has 6 rings (SSSR count). The summed E-state index contributed by atoms with van der Waals surface area (Å²) in [5, 5.41) is 30.1. The van der Waals surface area contributed by atoms with Crippen molar-refractivity contribution < 1.29 is 29.0 Å². The number of aromatic nitrogens is 2. The van der Waals surface area contributed by atoms with E-state index in [0.717, 1.165) is 46.5 Å². The van der Waals surface area contributed by atoms with Crippen LogP contribution in [0.2, 0.25) is 15.1 Å². The Kier molecular flexibility index (Phi) is 10.9.